The maximum atomic E-state index is 12.1. The van der Waals surface area contributed by atoms with Gasteiger partial charge in [0, 0.05) is 23.8 Å². The fourth-order valence-corrected chi connectivity index (χ4v) is 4.33. The van der Waals surface area contributed by atoms with Crippen molar-refractivity contribution in [1.29, 1.82) is 0 Å². The first-order valence-corrected chi connectivity index (χ1v) is 9.05. The number of rotatable bonds is 4. The lowest BCUT2D eigenvalue weighted by molar-refractivity contribution is -0.123. The molecule has 3 N–H and O–H groups in total. The van der Waals surface area contributed by atoms with Gasteiger partial charge in [0.2, 0.25) is 5.91 Å². The number of thioether (sulfide) groups is 1. The van der Waals surface area contributed by atoms with Crippen LogP contribution >= 0.6 is 24.2 Å². The molecule has 3 nitrogen and oxygen atoms in total. The molecular formula is C15H29ClN2OS. The first kappa shape index (κ1) is 18.1. The van der Waals surface area contributed by atoms with Crippen LogP contribution in [-0.4, -0.2) is 29.5 Å². The van der Waals surface area contributed by atoms with Crippen LogP contribution in [-0.2, 0) is 4.79 Å². The predicted octanol–water partition coefficient (Wildman–Crippen LogP) is 3.11. The molecular weight excluding hydrogens is 292 g/mol. The lowest BCUT2D eigenvalue weighted by Crippen LogP contribution is -2.42. The zero-order valence-corrected chi connectivity index (χ0v) is 14.1. The Morgan fingerprint density at radius 2 is 1.95 bits per heavy atom. The average molecular weight is 321 g/mol. The summed E-state index contributed by atoms with van der Waals surface area (Å²) in [5.41, 5.74) is 6.12. The van der Waals surface area contributed by atoms with Gasteiger partial charge in [-0.3, -0.25) is 4.79 Å². The lowest BCUT2D eigenvalue weighted by Gasteiger charge is -2.31. The van der Waals surface area contributed by atoms with E-state index in [0.717, 1.165) is 30.9 Å². The Labute approximate surface area is 133 Å². The van der Waals surface area contributed by atoms with E-state index in [1.165, 1.54) is 25.7 Å². The summed E-state index contributed by atoms with van der Waals surface area (Å²) < 4.78 is 0. The van der Waals surface area contributed by atoms with Crippen molar-refractivity contribution in [2.45, 2.75) is 75.1 Å². The first-order chi connectivity index (χ1) is 9.19. The third-order valence-electron chi connectivity index (χ3n) is 4.74. The molecule has 20 heavy (non-hydrogen) atoms. The molecule has 0 saturated heterocycles. The molecule has 0 aromatic rings. The summed E-state index contributed by atoms with van der Waals surface area (Å²) in [4.78, 5) is 12.1. The standard InChI is InChI=1S/C15H28N2OS.ClH/c1-19-13-7-4-6-12(10-13)17-15(18)9-11-5-2-3-8-14(11)16;/h11-14H,2-10,16H2,1H3,(H,17,18);1H. The number of nitrogens with two attached hydrogens (primary N) is 1. The van der Waals surface area contributed by atoms with Crippen LogP contribution in [0.4, 0.5) is 0 Å². The maximum Gasteiger partial charge on any atom is 0.220 e. The van der Waals surface area contributed by atoms with Crippen LogP contribution in [0.25, 0.3) is 0 Å². The van der Waals surface area contributed by atoms with E-state index in [1.54, 1.807) is 0 Å². The third kappa shape index (κ3) is 5.45. The van der Waals surface area contributed by atoms with Crippen LogP contribution in [0.1, 0.15) is 57.8 Å². The van der Waals surface area contributed by atoms with Gasteiger partial charge in [-0.2, -0.15) is 11.8 Å². The molecule has 2 saturated carbocycles. The minimum atomic E-state index is 0. The number of nitrogens with one attached hydrogen (secondary N) is 1. The predicted molar refractivity (Wildman–Crippen MR) is 89.5 cm³/mol. The van der Waals surface area contributed by atoms with Gasteiger partial charge in [-0.05, 0) is 44.3 Å². The first-order valence-electron chi connectivity index (χ1n) is 7.76. The van der Waals surface area contributed by atoms with Gasteiger partial charge in [-0.1, -0.05) is 19.3 Å². The second-order valence-electron chi connectivity index (χ2n) is 6.20. The number of carbonyl (C=O) groups excluding carboxylic acids is 1. The summed E-state index contributed by atoms with van der Waals surface area (Å²) in [6.07, 6.45) is 12.4. The van der Waals surface area contributed by atoms with E-state index < -0.39 is 0 Å². The molecule has 0 aromatic heterocycles. The number of amides is 1. The number of hydrogen-bond acceptors (Lipinski definition) is 3. The van der Waals surface area contributed by atoms with Crippen LogP contribution < -0.4 is 11.1 Å². The second kappa shape index (κ2) is 9.16. The van der Waals surface area contributed by atoms with Gasteiger partial charge in [0.05, 0.1) is 0 Å². The number of carbonyl (C=O) groups is 1. The molecule has 2 aliphatic carbocycles. The van der Waals surface area contributed by atoms with Gasteiger partial charge in [0.1, 0.15) is 0 Å². The van der Waals surface area contributed by atoms with Gasteiger partial charge in [-0.25, -0.2) is 0 Å². The highest BCUT2D eigenvalue weighted by Crippen LogP contribution is 2.28. The van der Waals surface area contributed by atoms with Crippen molar-refractivity contribution in [1.82, 2.24) is 5.32 Å². The lowest BCUT2D eigenvalue weighted by atomic mass is 9.82. The molecule has 2 rings (SSSR count). The highest BCUT2D eigenvalue weighted by atomic mass is 35.5. The summed E-state index contributed by atoms with van der Waals surface area (Å²) in [6.45, 7) is 0. The fourth-order valence-electron chi connectivity index (χ4n) is 3.50. The van der Waals surface area contributed by atoms with Crippen molar-refractivity contribution in [2.75, 3.05) is 6.26 Å². The van der Waals surface area contributed by atoms with Gasteiger partial charge < -0.3 is 11.1 Å². The Hall–Kier alpha value is 0.0700. The van der Waals surface area contributed by atoms with Crippen molar-refractivity contribution in [3.05, 3.63) is 0 Å². The van der Waals surface area contributed by atoms with E-state index in [2.05, 4.69) is 11.6 Å². The highest BCUT2D eigenvalue weighted by molar-refractivity contribution is 7.99. The molecule has 5 heteroatoms. The quantitative estimate of drug-likeness (QED) is 0.837. The number of halogens is 1. The van der Waals surface area contributed by atoms with E-state index in [-0.39, 0.29) is 24.4 Å². The van der Waals surface area contributed by atoms with Gasteiger partial charge in [-0.15, -0.1) is 12.4 Å². The monoisotopic (exact) mass is 320 g/mol. The summed E-state index contributed by atoms with van der Waals surface area (Å²) in [5.74, 6) is 0.641. The zero-order valence-electron chi connectivity index (χ0n) is 12.5. The summed E-state index contributed by atoms with van der Waals surface area (Å²) >= 11 is 1.94. The van der Waals surface area contributed by atoms with Gasteiger partial charge >= 0.3 is 0 Å². The van der Waals surface area contributed by atoms with Gasteiger partial charge in [0.15, 0.2) is 0 Å². The Kier molecular flexibility index (Phi) is 8.30. The summed E-state index contributed by atoms with van der Waals surface area (Å²) in [6, 6.07) is 0.642. The molecule has 118 valence electrons. The van der Waals surface area contributed by atoms with Crippen molar-refractivity contribution in [3.63, 3.8) is 0 Å². The van der Waals surface area contributed by atoms with E-state index >= 15 is 0 Å². The maximum absolute atomic E-state index is 12.1. The topological polar surface area (TPSA) is 55.1 Å². The SMILES string of the molecule is CSC1CCCC(NC(=O)CC2CCCCC2N)C1.Cl. The normalized spacial score (nSPS) is 34.1. The van der Waals surface area contributed by atoms with E-state index in [0.29, 0.717) is 18.4 Å². The van der Waals surface area contributed by atoms with E-state index in [4.69, 9.17) is 5.73 Å². The minimum Gasteiger partial charge on any atom is -0.353 e. The molecule has 4 unspecified atom stereocenters. The Morgan fingerprint density at radius 1 is 1.20 bits per heavy atom. The molecule has 0 aromatic carbocycles. The highest BCUT2D eigenvalue weighted by Gasteiger charge is 2.26. The molecule has 0 aliphatic heterocycles. The molecule has 0 radical (unpaired) electrons. The molecule has 0 bridgehead atoms. The summed E-state index contributed by atoms with van der Waals surface area (Å²) in [5, 5.41) is 3.98. The smallest absolute Gasteiger partial charge is 0.220 e. The fraction of sp³-hybridized carbons (Fsp3) is 0.933. The second-order valence-corrected chi connectivity index (χ2v) is 7.34. The molecule has 4 atom stereocenters. The third-order valence-corrected chi connectivity index (χ3v) is 5.83. The Balaban J connectivity index is 0.00000200. The van der Waals surface area contributed by atoms with Crippen molar-refractivity contribution in [3.8, 4) is 0 Å². The molecule has 2 aliphatic rings. The van der Waals surface area contributed by atoms with Gasteiger partial charge in [0.25, 0.3) is 0 Å². The molecule has 1 amide bonds. The van der Waals surface area contributed by atoms with Crippen LogP contribution in [0.5, 0.6) is 0 Å². The molecule has 0 heterocycles. The van der Waals surface area contributed by atoms with Crippen molar-refractivity contribution < 1.29 is 4.79 Å². The van der Waals surface area contributed by atoms with Crippen LogP contribution in [0.15, 0.2) is 0 Å². The number of hydrogen-bond donors (Lipinski definition) is 2. The zero-order chi connectivity index (χ0) is 13.7. The molecule has 2 fully saturated rings. The minimum absolute atomic E-state index is 0. The van der Waals surface area contributed by atoms with E-state index in [9.17, 15) is 4.79 Å². The van der Waals surface area contributed by atoms with Crippen LogP contribution in [0.2, 0.25) is 0 Å². The molecule has 0 spiro atoms. The Bertz CT molecular complexity index is 304. The van der Waals surface area contributed by atoms with Crippen molar-refractivity contribution >= 4 is 30.1 Å². The largest absolute Gasteiger partial charge is 0.353 e. The average Bonchev–Trinajstić information content (AvgIpc) is 2.41. The van der Waals surface area contributed by atoms with Crippen LogP contribution in [0.3, 0.4) is 0 Å². The summed E-state index contributed by atoms with van der Waals surface area (Å²) in [7, 11) is 0. The van der Waals surface area contributed by atoms with Crippen LogP contribution in [0, 0.1) is 5.92 Å². The van der Waals surface area contributed by atoms with Crippen molar-refractivity contribution in [2.24, 2.45) is 11.7 Å². The Morgan fingerprint density at radius 3 is 2.65 bits per heavy atom. The van der Waals surface area contributed by atoms with E-state index in [1.807, 2.05) is 11.8 Å².